The maximum absolute atomic E-state index is 12.5. The first kappa shape index (κ1) is 15.4. The van der Waals surface area contributed by atoms with E-state index in [9.17, 15) is 22.4 Å². The minimum Gasteiger partial charge on any atom is -0.367 e. The van der Waals surface area contributed by atoms with Crippen molar-refractivity contribution in [3.63, 3.8) is 0 Å². The normalized spacial score (nSPS) is 11.9. The molecule has 0 fully saturated rings. The molecule has 0 amide bonds. The van der Waals surface area contributed by atoms with Crippen LogP contribution < -0.4 is 0 Å². The molecule has 7 heteroatoms. The lowest BCUT2D eigenvalue weighted by atomic mass is 10.1. The highest BCUT2D eigenvalue weighted by Gasteiger charge is 2.41. The number of ether oxygens (including phenoxy) is 1. The molecule has 0 aliphatic carbocycles. The van der Waals surface area contributed by atoms with Crippen LogP contribution in [0.2, 0.25) is 0 Å². The van der Waals surface area contributed by atoms with Gasteiger partial charge in [-0.3, -0.25) is 4.79 Å². The van der Waals surface area contributed by atoms with Crippen molar-refractivity contribution in [3.8, 4) is 0 Å². The number of hydrogen-bond donors (Lipinski definition) is 0. The van der Waals surface area contributed by atoms with Crippen molar-refractivity contribution in [2.24, 2.45) is 0 Å². The molecule has 1 aromatic rings. The van der Waals surface area contributed by atoms with Gasteiger partial charge in [0.05, 0.1) is 0 Å². The highest BCUT2D eigenvalue weighted by Crippen LogP contribution is 2.22. The van der Waals surface area contributed by atoms with Gasteiger partial charge in [0.25, 0.3) is 0 Å². The predicted octanol–water partition coefficient (Wildman–Crippen LogP) is 3.39. The van der Waals surface area contributed by atoms with E-state index in [0.717, 1.165) is 3.57 Å². The van der Waals surface area contributed by atoms with Gasteiger partial charge < -0.3 is 4.74 Å². The lowest BCUT2D eigenvalue weighted by molar-refractivity contribution is -0.163. The van der Waals surface area contributed by atoms with Crippen LogP contribution >= 0.6 is 22.6 Å². The summed E-state index contributed by atoms with van der Waals surface area (Å²) in [7, 11) is 0. The fraction of sp³-hybridized carbons (Fsp3) is 0.364. The van der Waals surface area contributed by atoms with Crippen LogP contribution in [0, 0.1) is 3.57 Å². The molecule has 0 radical (unpaired) electrons. The molecule has 0 aliphatic heterocycles. The SMILES string of the molecule is O=C(COCC(F)(F)C(F)F)c1ccc(I)cc1. The third-order valence-corrected chi connectivity index (χ3v) is 2.73. The van der Waals surface area contributed by atoms with E-state index >= 15 is 0 Å². The Morgan fingerprint density at radius 1 is 1.28 bits per heavy atom. The van der Waals surface area contributed by atoms with Crippen LogP contribution in [-0.4, -0.2) is 31.3 Å². The number of rotatable bonds is 6. The third kappa shape index (κ3) is 4.52. The van der Waals surface area contributed by atoms with E-state index in [0.29, 0.717) is 0 Å². The lowest BCUT2D eigenvalue weighted by Crippen LogP contribution is -2.33. The summed E-state index contributed by atoms with van der Waals surface area (Å²) in [5.41, 5.74) is 0.288. The number of carbonyl (C=O) groups is 1. The van der Waals surface area contributed by atoms with Gasteiger partial charge in [-0.15, -0.1) is 0 Å². The number of benzene rings is 1. The summed E-state index contributed by atoms with van der Waals surface area (Å²) in [4.78, 5) is 11.5. The van der Waals surface area contributed by atoms with Crippen molar-refractivity contribution in [3.05, 3.63) is 33.4 Å². The Morgan fingerprint density at radius 3 is 2.33 bits per heavy atom. The van der Waals surface area contributed by atoms with E-state index in [-0.39, 0.29) is 5.56 Å². The fourth-order valence-electron chi connectivity index (χ4n) is 1.06. The van der Waals surface area contributed by atoms with Gasteiger partial charge >= 0.3 is 12.3 Å². The molecule has 1 rings (SSSR count). The Labute approximate surface area is 114 Å². The van der Waals surface area contributed by atoms with Crippen LogP contribution in [0.1, 0.15) is 10.4 Å². The van der Waals surface area contributed by atoms with Crippen LogP contribution in [0.15, 0.2) is 24.3 Å². The summed E-state index contributed by atoms with van der Waals surface area (Å²) in [5.74, 6) is -4.76. The Morgan fingerprint density at radius 2 is 1.83 bits per heavy atom. The molecular formula is C11H9F4IO2. The minimum atomic E-state index is -4.23. The van der Waals surface area contributed by atoms with Gasteiger partial charge in [-0.2, -0.15) is 8.78 Å². The largest absolute Gasteiger partial charge is 0.367 e. The van der Waals surface area contributed by atoms with E-state index in [4.69, 9.17) is 0 Å². The summed E-state index contributed by atoms with van der Waals surface area (Å²) in [6, 6.07) is 6.36. The maximum atomic E-state index is 12.5. The fourth-order valence-corrected chi connectivity index (χ4v) is 1.42. The summed E-state index contributed by atoms with van der Waals surface area (Å²) in [5, 5.41) is 0. The quantitative estimate of drug-likeness (QED) is 0.432. The van der Waals surface area contributed by atoms with Gasteiger partial charge in [0, 0.05) is 9.13 Å². The van der Waals surface area contributed by atoms with Gasteiger partial charge in [0.1, 0.15) is 13.2 Å². The van der Waals surface area contributed by atoms with E-state index in [2.05, 4.69) is 4.74 Å². The average Bonchev–Trinajstić information content (AvgIpc) is 2.29. The highest BCUT2D eigenvalue weighted by atomic mass is 127. The van der Waals surface area contributed by atoms with Gasteiger partial charge in [0.15, 0.2) is 5.78 Å². The van der Waals surface area contributed by atoms with Crippen LogP contribution in [0.5, 0.6) is 0 Å². The molecule has 0 aliphatic rings. The van der Waals surface area contributed by atoms with Crippen LogP contribution in [0.3, 0.4) is 0 Å². The van der Waals surface area contributed by atoms with E-state index in [1.165, 1.54) is 12.1 Å². The second-order valence-corrected chi connectivity index (χ2v) is 4.73. The van der Waals surface area contributed by atoms with Crippen molar-refractivity contribution >= 4 is 28.4 Å². The van der Waals surface area contributed by atoms with Gasteiger partial charge in [-0.1, -0.05) is 12.1 Å². The molecule has 0 spiro atoms. The molecule has 18 heavy (non-hydrogen) atoms. The Balaban J connectivity index is 2.45. The molecule has 100 valence electrons. The van der Waals surface area contributed by atoms with Crippen LogP contribution in [-0.2, 0) is 4.74 Å². The van der Waals surface area contributed by atoms with Gasteiger partial charge in [-0.25, -0.2) is 8.78 Å². The average molecular weight is 376 g/mol. The van der Waals surface area contributed by atoms with Crippen molar-refractivity contribution in [1.82, 2.24) is 0 Å². The van der Waals surface area contributed by atoms with Gasteiger partial charge in [0.2, 0.25) is 0 Å². The van der Waals surface area contributed by atoms with Crippen molar-refractivity contribution in [1.29, 1.82) is 0 Å². The Hall–Kier alpha value is -0.700. The summed E-state index contributed by atoms with van der Waals surface area (Å²) in [6.07, 6.45) is -3.80. The molecular weight excluding hydrogens is 367 g/mol. The molecule has 2 nitrogen and oxygen atoms in total. The van der Waals surface area contributed by atoms with Crippen LogP contribution in [0.25, 0.3) is 0 Å². The van der Waals surface area contributed by atoms with Crippen molar-refractivity contribution in [2.75, 3.05) is 13.2 Å². The molecule has 0 atom stereocenters. The summed E-state index contributed by atoms with van der Waals surface area (Å²) < 4.78 is 53.7. The zero-order chi connectivity index (χ0) is 13.8. The monoisotopic (exact) mass is 376 g/mol. The number of hydrogen-bond acceptors (Lipinski definition) is 2. The van der Waals surface area contributed by atoms with E-state index in [1.54, 1.807) is 12.1 Å². The molecule has 1 aromatic carbocycles. The number of alkyl halides is 4. The standard InChI is InChI=1S/C11H9F4IO2/c12-10(13)11(14,15)6-18-5-9(17)7-1-3-8(16)4-2-7/h1-4,10H,5-6H2. The number of carbonyl (C=O) groups excluding carboxylic acids is 1. The second kappa shape index (κ2) is 6.46. The molecule has 0 heterocycles. The molecule has 0 N–H and O–H groups in total. The van der Waals surface area contributed by atoms with Crippen molar-refractivity contribution < 1.29 is 27.1 Å². The Kier molecular flexibility index (Phi) is 5.51. The van der Waals surface area contributed by atoms with Crippen LogP contribution in [0.4, 0.5) is 17.6 Å². The first-order chi connectivity index (χ1) is 8.33. The third-order valence-electron chi connectivity index (χ3n) is 2.01. The molecule has 0 aromatic heterocycles. The molecule has 0 saturated heterocycles. The topological polar surface area (TPSA) is 26.3 Å². The number of Topliss-reactive ketones (excluding diaryl/α,β-unsaturated/α-hetero) is 1. The number of halogens is 5. The highest BCUT2D eigenvalue weighted by molar-refractivity contribution is 14.1. The van der Waals surface area contributed by atoms with E-state index in [1.807, 2.05) is 22.6 Å². The second-order valence-electron chi connectivity index (χ2n) is 3.48. The zero-order valence-corrected chi connectivity index (χ0v) is 11.2. The smallest absolute Gasteiger partial charge is 0.330 e. The van der Waals surface area contributed by atoms with Crippen molar-refractivity contribution in [2.45, 2.75) is 12.3 Å². The minimum absolute atomic E-state index is 0.288. The first-order valence-corrected chi connectivity index (χ1v) is 5.93. The summed E-state index contributed by atoms with van der Waals surface area (Å²) >= 11 is 2.04. The predicted molar refractivity (Wildman–Crippen MR) is 65.3 cm³/mol. The van der Waals surface area contributed by atoms with E-state index < -0.39 is 31.3 Å². The van der Waals surface area contributed by atoms with Gasteiger partial charge in [-0.05, 0) is 34.7 Å². The molecule has 0 bridgehead atoms. The molecule has 0 unspecified atom stereocenters. The maximum Gasteiger partial charge on any atom is 0.330 e. The molecule has 0 saturated carbocycles. The Bertz CT molecular complexity index is 406. The number of ketones is 1. The first-order valence-electron chi connectivity index (χ1n) is 4.85. The summed E-state index contributed by atoms with van der Waals surface area (Å²) in [6.45, 7) is -2.12. The lowest BCUT2D eigenvalue weighted by Gasteiger charge is -2.14. The zero-order valence-electron chi connectivity index (χ0n) is 9.01.